The Morgan fingerprint density at radius 3 is 2.75 bits per heavy atom. The largest absolute Gasteiger partial charge is 0.494 e. The van der Waals surface area contributed by atoms with Crippen molar-refractivity contribution in [2.45, 2.75) is 61.6 Å². The van der Waals surface area contributed by atoms with Crippen LogP contribution in [0.15, 0.2) is 47.6 Å². The van der Waals surface area contributed by atoms with Gasteiger partial charge in [-0.3, -0.25) is 9.69 Å². The number of nitrogens with zero attached hydrogens (tertiary/aromatic N) is 2. The molecule has 2 aliphatic heterocycles. The van der Waals surface area contributed by atoms with E-state index in [0.717, 1.165) is 50.3 Å². The van der Waals surface area contributed by atoms with Gasteiger partial charge in [-0.15, -0.1) is 4.91 Å². The molecule has 36 heavy (non-hydrogen) atoms. The summed E-state index contributed by atoms with van der Waals surface area (Å²) >= 11 is 0. The van der Waals surface area contributed by atoms with Gasteiger partial charge in [0.25, 0.3) is 5.91 Å². The summed E-state index contributed by atoms with van der Waals surface area (Å²) in [4.78, 5) is 28.2. The highest BCUT2D eigenvalue weighted by atomic mass is 16.5. The van der Waals surface area contributed by atoms with Crippen LogP contribution in [0.4, 0.5) is 5.69 Å². The van der Waals surface area contributed by atoms with Crippen molar-refractivity contribution in [3.63, 3.8) is 0 Å². The van der Waals surface area contributed by atoms with E-state index in [0.29, 0.717) is 23.6 Å². The summed E-state index contributed by atoms with van der Waals surface area (Å²) < 4.78 is 12.5. The van der Waals surface area contributed by atoms with Gasteiger partial charge in [0.1, 0.15) is 5.75 Å². The molecule has 5 aliphatic rings. The molecule has 0 spiro atoms. The van der Waals surface area contributed by atoms with Crippen molar-refractivity contribution in [3.8, 4) is 5.75 Å². The molecule has 2 aromatic carbocycles. The predicted octanol–water partition coefficient (Wildman–Crippen LogP) is 4.35. The van der Waals surface area contributed by atoms with Crippen molar-refractivity contribution in [2.24, 2.45) is 17.0 Å². The minimum atomic E-state index is -0.365. The van der Waals surface area contributed by atoms with Crippen molar-refractivity contribution in [1.29, 1.82) is 0 Å². The lowest BCUT2D eigenvalue weighted by Gasteiger charge is -2.64. The number of carbonyl (C=O) groups is 1. The van der Waals surface area contributed by atoms with Crippen LogP contribution in [0.5, 0.6) is 5.75 Å². The number of piperidine rings is 1. The maximum atomic E-state index is 13.2. The Labute approximate surface area is 211 Å². The molecule has 4 fully saturated rings. The first-order valence-electron chi connectivity index (χ1n) is 13.4. The zero-order chi connectivity index (χ0) is 24.5. The molecule has 5 unspecified atom stereocenters. The Morgan fingerprint density at radius 1 is 1.17 bits per heavy atom. The predicted molar refractivity (Wildman–Crippen MR) is 136 cm³/mol. The Kier molecular flexibility index (Phi) is 5.06. The third-order valence-electron chi connectivity index (χ3n) is 9.93. The molecule has 0 aromatic heterocycles. The number of benzene rings is 2. The molecular formula is C29H33N3O4. The summed E-state index contributed by atoms with van der Waals surface area (Å²) in [6.45, 7) is 2.70. The fraction of sp³-hybridized carbons (Fsp3) is 0.552. The highest BCUT2D eigenvalue weighted by molar-refractivity contribution is 5.94. The minimum Gasteiger partial charge on any atom is -0.494 e. The number of rotatable bonds is 6. The van der Waals surface area contributed by atoms with Crippen molar-refractivity contribution < 1.29 is 14.3 Å². The van der Waals surface area contributed by atoms with E-state index in [1.54, 1.807) is 7.11 Å². The van der Waals surface area contributed by atoms with Gasteiger partial charge in [-0.25, -0.2) is 0 Å². The second-order valence-electron chi connectivity index (χ2n) is 11.4. The van der Waals surface area contributed by atoms with Crippen molar-refractivity contribution in [3.05, 3.63) is 64.1 Å². The first-order chi connectivity index (χ1) is 17.6. The van der Waals surface area contributed by atoms with Gasteiger partial charge in [-0.1, -0.05) is 24.3 Å². The highest BCUT2D eigenvalue weighted by Crippen LogP contribution is 2.67. The highest BCUT2D eigenvalue weighted by Gasteiger charge is 2.74. The van der Waals surface area contributed by atoms with Crippen LogP contribution in [0.25, 0.3) is 0 Å². The molecular weight excluding hydrogens is 454 g/mol. The molecule has 1 amide bonds. The van der Waals surface area contributed by atoms with Gasteiger partial charge in [0.15, 0.2) is 5.69 Å². The molecule has 5 atom stereocenters. The first-order valence-corrected chi connectivity index (χ1v) is 13.4. The average Bonchev–Trinajstić information content (AvgIpc) is 3.69. The number of hydrogen-bond acceptors (Lipinski definition) is 6. The van der Waals surface area contributed by atoms with Crippen LogP contribution in [-0.4, -0.2) is 55.3 Å². The number of hydrogen-bond donors (Lipinski definition) is 1. The summed E-state index contributed by atoms with van der Waals surface area (Å²) in [6, 6.07) is 13.7. The molecule has 188 valence electrons. The Balaban J connectivity index is 1.34. The molecule has 0 radical (unpaired) electrons. The van der Waals surface area contributed by atoms with Gasteiger partial charge in [-0.2, -0.15) is 0 Å². The van der Waals surface area contributed by atoms with Gasteiger partial charge in [0.05, 0.1) is 19.3 Å². The summed E-state index contributed by atoms with van der Waals surface area (Å²) in [7, 11) is 1.60. The number of fused-ring (bicyclic) bond motifs is 1. The average molecular weight is 488 g/mol. The lowest BCUT2D eigenvalue weighted by Crippen LogP contribution is -2.74. The van der Waals surface area contributed by atoms with Crippen LogP contribution >= 0.6 is 0 Å². The van der Waals surface area contributed by atoms with Gasteiger partial charge in [0, 0.05) is 35.5 Å². The smallest absolute Gasteiger partial charge is 0.251 e. The number of likely N-dealkylation sites (tertiary alicyclic amines) is 1. The van der Waals surface area contributed by atoms with Gasteiger partial charge in [-0.05, 0) is 85.5 Å². The number of carbonyl (C=O) groups excluding carboxylic acids is 1. The monoisotopic (exact) mass is 487 g/mol. The van der Waals surface area contributed by atoms with Crippen molar-refractivity contribution in [2.75, 3.05) is 26.8 Å². The van der Waals surface area contributed by atoms with E-state index in [1.807, 2.05) is 36.4 Å². The summed E-state index contributed by atoms with van der Waals surface area (Å²) in [5, 5.41) is 6.93. The van der Waals surface area contributed by atoms with Crippen LogP contribution in [-0.2, 0) is 16.6 Å². The second-order valence-corrected chi connectivity index (χ2v) is 11.4. The molecule has 2 aromatic rings. The van der Waals surface area contributed by atoms with Gasteiger partial charge >= 0.3 is 0 Å². The van der Waals surface area contributed by atoms with Gasteiger partial charge < -0.3 is 14.8 Å². The number of methoxy groups -OCH3 is 1. The summed E-state index contributed by atoms with van der Waals surface area (Å²) in [5.41, 5.74) is 2.59. The molecule has 7 heteroatoms. The molecule has 7 nitrogen and oxygen atoms in total. The fourth-order valence-corrected chi connectivity index (χ4v) is 8.30. The van der Waals surface area contributed by atoms with Crippen molar-refractivity contribution >= 4 is 11.6 Å². The van der Waals surface area contributed by atoms with Crippen LogP contribution in [0.1, 0.15) is 53.6 Å². The fourth-order valence-electron chi connectivity index (χ4n) is 8.30. The normalized spacial score (nSPS) is 34.4. The van der Waals surface area contributed by atoms with E-state index >= 15 is 0 Å². The van der Waals surface area contributed by atoms with E-state index in [-0.39, 0.29) is 34.9 Å². The molecule has 4 bridgehead atoms. The van der Waals surface area contributed by atoms with Crippen LogP contribution < -0.4 is 10.1 Å². The topological polar surface area (TPSA) is 80.2 Å². The van der Waals surface area contributed by atoms with E-state index in [2.05, 4.69) is 21.5 Å². The standard InChI is InChI=1S/C29H33N3O4/c1-35-23-10-9-20-15-24-29-12-11-22(30-27(33)19-5-3-2-4-6-19)21(17-36-29)28(29,25(20)26(23)31-34)13-14-32(24)16-18-7-8-18/h2-6,9-10,18,21-22,24H,7-8,11-17H2,1H3,(H,30,33). The maximum Gasteiger partial charge on any atom is 0.251 e. The molecule has 7 rings (SSSR count). The molecule has 2 saturated carbocycles. The zero-order valence-electron chi connectivity index (χ0n) is 20.7. The first kappa shape index (κ1) is 22.4. The SMILES string of the molecule is COc1ccc2c(c1N=O)C13CCN(CC4CC4)C(C2)C12CCC(NC(=O)c1ccccc1)C3CO2. The third-order valence-corrected chi connectivity index (χ3v) is 9.93. The number of amides is 1. The number of ether oxygens (including phenoxy) is 2. The maximum absolute atomic E-state index is 13.2. The molecule has 2 saturated heterocycles. The lowest BCUT2D eigenvalue weighted by molar-refractivity contribution is -0.149. The van der Waals surface area contributed by atoms with E-state index in [9.17, 15) is 9.70 Å². The van der Waals surface area contributed by atoms with Gasteiger partial charge in [0.2, 0.25) is 0 Å². The lowest BCUT2D eigenvalue weighted by atomic mass is 9.46. The van der Waals surface area contributed by atoms with Crippen LogP contribution in [0.3, 0.4) is 0 Å². The minimum absolute atomic E-state index is 0.0272. The molecule has 2 heterocycles. The quantitative estimate of drug-likeness (QED) is 0.613. The Hall–Kier alpha value is -2.77. The van der Waals surface area contributed by atoms with Crippen molar-refractivity contribution in [1.82, 2.24) is 10.2 Å². The van der Waals surface area contributed by atoms with Crippen LogP contribution in [0.2, 0.25) is 0 Å². The Morgan fingerprint density at radius 2 is 2.00 bits per heavy atom. The molecule has 3 aliphatic carbocycles. The number of nitroso groups, excluding NO2 is 1. The summed E-state index contributed by atoms with van der Waals surface area (Å²) in [6.07, 6.45) is 6.16. The van der Waals surface area contributed by atoms with E-state index in [4.69, 9.17) is 9.47 Å². The Bertz CT molecular complexity index is 1210. The summed E-state index contributed by atoms with van der Waals surface area (Å²) in [5.74, 6) is 1.37. The van der Waals surface area contributed by atoms with E-state index in [1.165, 1.54) is 18.4 Å². The van der Waals surface area contributed by atoms with E-state index < -0.39 is 0 Å². The number of nitrogens with one attached hydrogen (secondary N) is 1. The zero-order valence-corrected chi connectivity index (χ0v) is 20.7. The second kappa shape index (κ2) is 8.12. The van der Waals surface area contributed by atoms with Crippen LogP contribution in [0, 0.1) is 16.7 Å². The molecule has 1 N–H and O–H groups in total. The third kappa shape index (κ3) is 2.96.